The van der Waals surface area contributed by atoms with Crippen molar-refractivity contribution in [3.05, 3.63) is 89.5 Å². The monoisotopic (exact) mass is 524 g/mol. The van der Waals surface area contributed by atoms with Gasteiger partial charge in [-0.05, 0) is 48.4 Å². The molecule has 9 heteroatoms. The molecule has 0 aliphatic carbocycles. The molecule has 0 amide bonds. The predicted molar refractivity (Wildman–Crippen MR) is 141 cm³/mol. The van der Waals surface area contributed by atoms with Gasteiger partial charge in [-0.2, -0.15) is 0 Å². The Morgan fingerprint density at radius 1 is 1.00 bits per heavy atom. The number of esters is 1. The van der Waals surface area contributed by atoms with E-state index >= 15 is 0 Å². The number of benzene rings is 3. The maximum atomic E-state index is 13.0. The van der Waals surface area contributed by atoms with Gasteiger partial charge in [-0.3, -0.25) is 0 Å². The van der Waals surface area contributed by atoms with Crippen molar-refractivity contribution in [3.63, 3.8) is 0 Å². The molecule has 0 spiro atoms. The van der Waals surface area contributed by atoms with Gasteiger partial charge in [0.15, 0.2) is 15.0 Å². The lowest BCUT2D eigenvalue weighted by atomic mass is 10.1. The van der Waals surface area contributed by atoms with Gasteiger partial charge in [0.1, 0.15) is 0 Å². The van der Waals surface area contributed by atoms with Crippen LogP contribution in [0, 0.1) is 0 Å². The first-order chi connectivity index (χ1) is 17.4. The van der Waals surface area contributed by atoms with Crippen LogP contribution in [0.25, 0.3) is 11.0 Å². The Morgan fingerprint density at radius 3 is 2.44 bits per heavy atom. The van der Waals surface area contributed by atoms with Crippen LogP contribution in [0.3, 0.4) is 0 Å². The SMILES string of the molecule is CCOC(=O)c1ccc2c(c1)nc(SCc1ccccc1CS(=O)(=O)c1ccccc1)n2CCOC. The van der Waals surface area contributed by atoms with Crippen LogP contribution in [-0.2, 0) is 37.4 Å². The summed E-state index contributed by atoms with van der Waals surface area (Å²) in [5.74, 6) is 0.0896. The molecular formula is C27H28N2O5S2. The molecule has 0 fully saturated rings. The van der Waals surface area contributed by atoms with E-state index < -0.39 is 9.84 Å². The van der Waals surface area contributed by atoms with E-state index in [0.29, 0.717) is 41.5 Å². The number of hydrogen-bond donors (Lipinski definition) is 0. The van der Waals surface area contributed by atoms with Crippen molar-refractivity contribution < 1.29 is 22.7 Å². The summed E-state index contributed by atoms with van der Waals surface area (Å²) in [6, 6.07) is 21.4. The minimum atomic E-state index is -3.47. The van der Waals surface area contributed by atoms with E-state index in [0.717, 1.165) is 21.8 Å². The quantitative estimate of drug-likeness (QED) is 0.199. The van der Waals surface area contributed by atoms with Crippen molar-refractivity contribution in [1.29, 1.82) is 0 Å². The molecule has 0 unspecified atom stereocenters. The summed E-state index contributed by atoms with van der Waals surface area (Å²) in [5, 5.41) is 0.767. The number of thioether (sulfide) groups is 1. The average Bonchev–Trinajstić information content (AvgIpc) is 3.24. The highest BCUT2D eigenvalue weighted by Gasteiger charge is 2.19. The molecule has 0 bridgehead atoms. The number of hydrogen-bond acceptors (Lipinski definition) is 7. The zero-order valence-corrected chi connectivity index (χ0v) is 21.8. The summed E-state index contributed by atoms with van der Waals surface area (Å²) < 4.78 is 38.4. The topological polar surface area (TPSA) is 87.5 Å². The van der Waals surface area contributed by atoms with Crippen LogP contribution in [0.15, 0.2) is 82.8 Å². The fourth-order valence-corrected chi connectivity index (χ4v) is 6.36. The molecule has 4 aromatic rings. The number of rotatable bonds is 11. The summed E-state index contributed by atoms with van der Waals surface area (Å²) in [5.41, 5.74) is 3.73. The number of fused-ring (bicyclic) bond motifs is 1. The van der Waals surface area contributed by atoms with Gasteiger partial charge in [-0.25, -0.2) is 18.2 Å². The molecule has 0 atom stereocenters. The van der Waals surface area contributed by atoms with Crippen LogP contribution in [-0.4, -0.2) is 44.3 Å². The Morgan fingerprint density at radius 2 is 1.72 bits per heavy atom. The van der Waals surface area contributed by atoms with E-state index in [1.807, 2.05) is 30.3 Å². The van der Waals surface area contributed by atoms with Crippen LogP contribution >= 0.6 is 11.8 Å². The second-order valence-corrected chi connectivity index (χ2v) is 11.0. The first-order valence-electron chi connectivity index (χ1n) is 11.6. The second-order valence-electron chi connectivity index (χ2n) is 8.09. The summed E-state index contributed by atoms with van der Waals surface area (Å²) in [6.07, 6.45) is 0. The molecule has 0 aliphatic heterocycles. The van der Waals surface area contributed by atoms with Gasteiger partial charge >= 0.3 is 5.97 Å². The van der Waals surface area contributed by atoms with Crippen LogP contribution in [0.5, 0.6) is 0 Å². The van der Waals surface area contributed by atoms with Crippen molar-refractivity contribution in [1.82, 2.24) is 9.55 Å². The lowest BCUT2D eigenvalue weighted by Crippen LogP contribution is -2.07. The lowest BCUT2D eigenvalue weighted by molar-refractivity contribution is 0.0526. The van der Waals surface area contributed by atoms with Crippen LogP contribution in [0.2, 0.25) is 0 Å². The highest BCUT2D eigenvalue weighted by atomic mass is 32.2. The molecule has 4 rings (SSSR count). The minimum absolute atomic E-state index is 0.0727. The van der Waals surface area contributed by atoms with E-state index in [1.54, 1.807) is 56.5 Å². The molecular weight excluding hydrogens is 496 g/mol. The Labute approximate surface area is 215 Å². The minimum Gasteiger partial charge on any atom is -0.462 e. The highest BCUT2D eigenvalue weighted by molar-refractivity contribution is 7.98. The van der Waals surface area contributed by atoms with E-state index in [9.17, 15) is 13.2 Å². The first kappa shape index (κ1) is 25.9. The third-order valence-corrected chi connectivity index (χ3v) is 8.37. The zero-order chi connectivity index (χ0) is 25.5. The number of sulfone groups is 1. The lowest BCUT2D eigenvalue weighted by Gasteiger charge is -2.12. The van der Waals surface area contributed by atoms with Crippen LogP contribution < -0.4 is 0 Å². The standard InChI is InChI=1S/C27H28N2O5S2/c1-3-34-26(30)20-13-14-25-24(17-20)28-27(29(25)15-16-33-2)35-18-21-9-7-8-10-22(21)19-36(31,32)23-11-5-4-6-12-23/h4-14,17H,3,15-16,18-19H2,1-2H3. The third kappa shape index (κ3) is 5.98. The van der Waals surface area contributed by atoms with E-state index in [-0.39, 0.29) is 11.7 Å². The molecule has 188 valence electrons. The largest absolute Gasteiger partial charge is 0.462 e. The fraction of sp³-hybridized carbons (Fsp3) is 0.259. The average molecular weight is 525 g/mol. The molecule has 36 heavy (non-hydrogen) atoms. The third-order valence-electron chi connectivity index (χ3n) is 5.67. The van der Waals surface area contributed by atoms with E-state index in [4.69, 9.17) is 14.5 Å². The maximum Gasteiger partial charge on any atom is 0.338 e. The fourth-order valence-electron chi connectivity index (χ4n) is 3.86. The van der Waals surface area contributed by atoms with Crippen LogP contribution in [0.4, 0.5) is 0 Å². The molecule has 1 heterocycles. The van der Waals surface area contributed by atoms with Crippen molar-refractivity contribution >= 4 is 38.6 Å². The van der Waals surface area contributed by atoms with Crippen molar-refractivity contribution in [3.8, 4) is 0 Å². The molecule has 7 nitrogen and oxygen atoms in total. The van der Waals surface area contributed by atoms with Gasteiger partial charge in [0.05, 0.1) is 40.5 Å². The number of nitrogens with zero attached hydrogens (tertiary/aromatic N) is 2. The maximum absolute atomic E-state index is 13.0. The summed E-state index contributed by atoms with van der Waals surface area (Å²) in [4.78, 5) is 17.3. The number of imidazole rings is 1. The molecule has 0 saturated carbocycles. The number of ether oxygens (including phenoxy) is 2. The van der Waals surface area contributed by atoms with E-state index in [1.165, 1.54) is 11.8 Å². The summed E-state index contributed by atoms with van der Waals surface area (Å²) in [6.45, 7) is 3.18. The van der Waals surface area contributed by atoms with Gasteiger partial charge in [-0.15, -0.1) is 0 Å². The summed E-state index contributed by atoms with van der Waals surface area (Å²) in [7, 11) is -1.82. The smallest absolute Gasteiger partial charge is 0.338 e. The first-order valence-corrected chi connectivity index (χ1v) is 14.2. The highest BCUT2D eigenvalue weighted by Crippen LogP contribution is 2.29. The molecule has 0 saturated heterocycles. The Kier molecular flexibility index (Phi) is 8.45. The van der Waals surface area contributed by atoms with Gasteiger partial charge in [0.2, 0.25) is 0 Å². The Bertz CT molecular complexity index is 1450. The Hall–Kier alpha value is -3.14. The van der Waals surface area contributed by atoms with Gasteiger partial charge in [0, 0.05) is 19.4 Å². The number of aromatic nitrogens is 2. The van der Waals surface area contributed by atoms with E-state index in [2.05, 4.69) is 4.57 Å². The molecule has 0 radical (unpaired) electrons. The zero-order valence-electron chi connectivity index (χ0n) is 20.2. The number of methoxy groups -OCH3 is 1. The van der Waals surface area contributed by atoms with Crippen molar-refractivity contribution in [2.75, 3.05) is 20.3 Å². The number of carbonyl (C=O) groups excluding carboxylic acids is 1. The van der Waals surface area contributed by atoms with Gasteiger partial charge in [-0.1, -0.05) is 54.2 Å². The molecule has 0 aliphatic rings. The van der Waals surface area contributed by atoms with Gasteiger partial charge < -0.3 is 14.0 Å². The Balaban J connectivity index is 1.60. The molecule has 0 N–H and O–H groups in total. The predicted octanol–water partition coefficient (Wildman–Crippen LogP) is 5.13. The van der Waals surface area contributed by atoms with Gasteiger partial charge in [0.25, 0.3) is 0 Å². The number of carbonyl (C=O) groups is 1. The molecule has 1 aromatic heterocycles. The van der Waals surface area contributed by atoms with Crippen molar-refractivity contribution in [2.45, 2.75) is 35.0 Å². The van der Waals surface area contributed by atoms with Crippen LogP contribution in [0.1, 0.15) is 28.4 Å². The molecule has 3 aromatic carbocycles. The second kappa shape index (κ2) is 11.7. The normalized spacial score (nSPS) is 11.6. The summed E-state index contributed by atoms with van der Waals surface area (Å²) >= 11 is 1.52. The van der Waals surface area contributed by atoms with Crippen molar-refractivity contribution in [2.24, 2.45) is 0 Å².